The Morgan fingerprint density at radius 1 is 1.13 bits per heavy atom. The maximum absolute atomic E-state index is 11.7. The zero-order valence-electron chi connectivity index (χ0n) is 12.8. The van der Waals surface area contributed by atoms with E-state index in [0.29, 0.717) is 12.0 Å². The topological polar surface area (TPSA) is 39.4 Å². The fraction of sp³-hybridized carbons (Fsp3) is 0.150. The summed E-state index contributed by atoms with van der Waals surface area (Å²) in [5, 5.41) is 0.972. The molecule has 4 rings (SSSR count). The molecule has 114 valence electrons. The van der Waals surface area contributed by atoms with Crippen LogP contribution >= 0.6 is 0 Å². The van der Waals surface area contributed by atoms with E-state index in [4.69, 9.17) is 9.15 Å². The molecule has 0 bridgehead atoms. The van der Waals surface area contributed by atoms with Gasteiger partial charge in [0.15, 0.2) is 0 Å². The summed E-state index contributed by atoms with van der Waals surface area (Å²) in [6.07, 6.45) is 4.78. The summed E-state index contributed by atoms with van der Waals surface area (Å²) in [5.41, 5.74) is 3.39. The van der Waals surface area contributed by atoms with Crippen molar-refractivity contribution < 1.29 is 9.15 Å². The van der Waals surface area contributed by atoms with Crippen molar-refractivity contribution in [3.05, 3.63) is 81.7 Å². The summed E-state index contributed by atoms with van der Waals surface area (Å²) in [6.45, 7) is 1.92. The fourth-order valence-electron chi connectivity index (χ4n) is 3.02. The first-order valence-electron chi connectivity index (χ1n) is 7.67. The monoisotopic (exact) mass is 304 g/mol. The van der Waals surface area contributed by atoms with Crippen molar-refractivity contribution in [3.8, 4) is 5.75 Å². The second-order valence-corrected chi connectivity index (χ2v) is 5.80. The highest BCUT2D eigenvalue weighted by Crippen LogP contribution is 2.35. The van der Waals surface area contributed by atoms with Crippen molar-refractivity contribution in [2.75, 3.05) is 0 Å². The van der Waals surface area contributed by atoms with E-state index in [9.17, 15) is 4.79 Å². The summed E-state index contributed by atoms with van der Waals surface area (Å²) >= 11 is 0. The minimum absolute atomic E-state index is 0.0402. The zero-order valence-corrected chi connectivity index (χ0v) is 12.8. The summed E-state index contributed by atoms with van der Waals surface area (Å²) in [7, 11) is 0. The summed E-state index contributed by atoms with van der Waals surface area (Å²) in [6, 6.07) is 15.6. The Labute approximate surface area is 133 Å². The average molecular weight is 304 g/mol. The third-order valence-electron chi connectivity index (χ3n) is 4.17. The highest BCUT2D eigenvalue weighted by Gasteiger charge is 2.24. The highest BCUT2D eigenvalue weighted by atomic mass is 16.5. The predicted molar refractivity (Wildman–Crippen MR) is 90.8 cm³/mol. The Kier molecular flexibility index (Phi) is 3.27. The average Bonchev–Trinajstić information content (AvgIpc) is 2.97. The van der Waals surface area contributed by atoms with Crippen LogP contribution in [-0.4, -0.2) is 6.10 Å². The van der Waals surface area contributed by atoms with Gasteiger partial charge in [-0.2, -0.15) is 0 Å². The first-order valence-corrected chi connectivity index (χ1v) is 7.67. The van der Waals surface area contributed by atoms with Crippen LogP contribution in [0, 0.1) is 6.92 Å². The van der Waals surface area contributed by atoms with Gasteiger partial charge in [-0.05, 0) is 36.3 Å². The van der Waals surface area contributed by atoms with E-state index in [0.717, 1.165) is 27.8 Å². The lowest BCUT2D eigenvalue weighted by molar-refractivity contribution is 0.284. The largest absolute Gasteiger partial charge is 0.486 e. The Bertz CT molecular complexity index is 952. The molecule has 2 aromatic carbocycles. The van der Waals surface area contributed by atoms with Gasteiger partial charge in [0.2, 0.25) is 0 Å². The van der Waals surface area contributed by atoms with Gasteiger partial charge < -0.3 is 9.15 Å². The van der Waals surface area contributed by atoms with E-state index in [1.807, 2.05) is 37.3 Å². The van der Waals surface area contributed by atoms with Gasteiger partial charge in [-0.1, -0.05) is 36.4 Å². The van der Waals surface area contributed by atoms with Gasteiger partial charge in [0, 0.05) is 23.4 Å². The molecule has 0 unspecified atom stereocenters. The maximum Gasteiger partial charge on any atom is 0.336 e. The molecule has 3 aromatic rings. The molecule has 0 amide bonds. The first-order chi connectivity index (χ1) is 11.2. The molecule has 3 heteroatoms. The Morgan fingerprint density at radius 2 is 1.96 bits per heavy atom. The van der Waals surface area contributed by atoms with Crippen LogP contribution in [0.15, 0.2) is 63.8 Å². The third-order valence-corrected chi connectivity index (χ3v) is 4.17. The van der Waals surface area contributed by atoms with Gasteiger partial charge in [-0.25, -0.2) is 4.79 Å². The van der Waals surface area contributed by atoms with E-state index in [2.05, 4.69) is 24.3 Å². The van der Waals surface area contributed by atoms with Gasteiger partial charge in [-0.15, -0.1) is 0 Å². The van der Waals surface area contributed by atoms with E-state index >= 15 is 0 Å². The van der Waals surface area contributed by atoms with Crippen LogP contribution in [0.2, 0.25) is 0 Å². The highest BCUT2D eigenvalue weighted by molar-refractivity contribution is 5.85. The first kappa shape index (κ1) is 13.8. The fourth-order valence-corrected chi connectivity index (χ4v) is 3.02. The normalized spacial score (nSPS) is 16.7. The van der Waals surface area contributed by atoms with Crippen LogP contribution in [0.4, 0.5) is 0 Å². The quantitative estimate of drug-likeness (QED) is 0.669. The zero-order chi connectivity index (χ0) is 15.8. The molecule has 0 N–H and O–H groups in total. The van der Waals surface area contributed by atoms with Crippen molar-refractivity contribution >= 4 is 17.0 Å². The molecule has 1 aliphatic rings. The van der Waals surface area contributed by atoms with Crippen molar-refractivity contribution in [2.45, 2.75) is 19.4 Å². The molecule has 0 aliphatic carbocycles. The molecule has 0 fully saturated rings. The molecule has 0 radical (unpaired) electrons. The molecule has 2 heterocycles. The molecular weight excluding hydrogens is 288 g/mol. The number of hydrogen-bond acceptors (Lipinski definition) is 3. The van der Waals surface area contributed by atoms with Crippen LogP contribution in [0.1, 0.15) is 16.7 Å². The predicted octanol–water partition coefficient (Wildman–Crippen LogP) is 4.12. The van der Waals surface area contributed by atoms with Crippen molar-refractivity contribution in [3.63, 3.8) is 0 Å². The van der Waals surface area contributed by atoms with Crippen LogP contribution in [0.25, 0.3) is 17.0 Å². The molecule has 0 saturated heterocycles. The summed E-state index contributed by atoms with van der Waals surface area (Å²) in [5.74, 6) is 0.800. The van der Waals surface area contributed by atoms with E-state index in [-0.39, 0.29) is 11.7 Å². The van der Waals surface area contributed by atoms with Gasteiger partial charge in [0.05, 0.1) is 0 Å². The summed E-state index contributed by atoms with van der Waals surface area (Å²) in [4.78, 5) is 11.7. The van der Waals surface area contributed by atoms with Crippen LogP contribution in [0.3, 0.4) is 0 Å². The molecule has 1 aromatic heterocycles. The number of hydrogen-bond donors (Lipinski definition) is 0. The van der Waals surface area contributed by atoms with Crippen LogP contribution < -0.4 is 10.4 Å². The minimum Gasteiger partial charge on any atom is -0.486 e. The Hall–Kier alpha value is -2.81. The number of aryl methyl sites for hydroxylation is 1. The smallest absolute Gasteiger partial charge is 0.336 e. The van der Waals surface area contributed by atoms with E-state index < -0.39 is 0 Å². The molecule has 1 aliphatic heterocycles. The van der Waals surface area contributed by atoms with E-state index in [1.165, 1.54) is 6.07 Å². The van der Waals surface area contributed by atoms with Crippen LogP contribution in [0.5, 0.6) is 5.75 Å². The molecule has 1 atom stereocenters. The van der Waals surface area contributed by atoms with Crippen molar-refractivity contribution in [2.24, 2.45) is 0 Å². The Balaban J connectivity index is 1.68. The van der Waals surface area contributed by atoms with Crippen molar-refractivity contribution in [1.82, 2.24) is 0 Å². The lowest BCUT2D eigenvalue weighted by Gasteiger charge is -2.05. The molecular formula is C20H16O3. The number of benzene rings is 2. The number of fused-ring (bicyclic) bond motifs is 3. The third kappa shape index (κ3) is 2.55. The molecule has 23 heavy (non-hydrogen) atoms. The second kappa shape index (κ2) is 5.43. The molecule has 0 spiro atoms. The molecule has 3 nitrogen and oxygen atoms in total. The molecule has 0 saturated carbocycles. The standard InChI is InChI=1S/C20H16O3/c1-13-11-19(21)23-20-16(13)9-10-18-17(20)12-15(22-18)8-7-14-5-3-2-4-6-14/h2-11,15H,12H2,1H3/b8-7+/t15-/m0/s1. The lowest BCUT2D eigenvalue weighted by Crippen LogP contribution is -2.08. The SMILES string of the molecule is Cc1cc(=O)oc2c3c(ccc12)O[C@@H](/C=C/c1ccccc1)C3. The summed E-state index contributed by atoms with van der Waals surface area (Å²) < 4.78 is 11.4. The van der Waals surface area contributed by atoms with Gasteiger partial charge >= 0.3 is 5.63 Å². The Morgan fingerprint density at radius 3 is 2.78 bits per heavy atom. The lowest BCUT2D eigenvalue weighted by atomic mass is 10.0. The van der Waals surface area contributed by atoms with Gasteiger partial charge in [0.25, 0.3) is 0 Å². The maximum atomic E-state index is 11.7. The van der Waals surface area contributed by atoms with Crippen molar-refractivity contribution in [1.29, 1.82) is 0 Å². The second-order valence-electron chi connectivity index (χ2n) is 5.80. The van der Waals surface area contributed by atoms with E-state index in [1.54, 1.807) is 0 Å². The minimum atomic E-state index is -0.313. The van der Waals surface area contributed by atoms with Gasteiger partial charge in [-0.3, -0.25) is 0 Å². The van der Waals surface area contributed by atoms with Crippen LogP contribution in [-0.2, 0) is 6.42 Å². The number of ether oxygens (including phenoxy) is 1. The van der Waals surface area contributed by atoms with Gasteiger partial charge in [0.1, 0.15) is 17.4 Å². The number of rotatable bonds is 2.